The average Bonchev–Trinajstić information content (AvgIpc) is 3.17. The van der Waals surface area contributed by atoms with E-state index in [0.29, 0.717) is 24.0 Å². The van der Waals surface area contributed by atoms with Crippen molar-refractivity contribution < 1.29 is 8.42 Å². The van der Waals surface area contributed by atoms with E-state index in [-0.39, 0.29) is 0 Å². The molecule has 2 rings (SSSR count). The molecule has 0 bridgehead atoms. The molecule has 1 fully saturated rings. The highest BCUT2D eigenvalue weighted by atomic mass is 32.2. The van der Waals surface area contributed by atoms with Crippen LogP contribution in [0.5, 0.6) is 0 Å². The maximum atomic E-state index is 12.2. The molecule has 1 aliphatic carbocycles. The monoisotopic (exact) mass is 314 g/mol. The van der Waals surface area contributed by atoms with Crippen LogP contribution in [0.3, 0.4) is 0 Å². The number of hydrogen-bond donors (Lipinski definition) is 3. The minimum absolute atomic E-state index is 0.314. The normalized spacial score (nSPS) is 15.8. The van der Waals surface area contributed by atoms with Gasteiger partial charge in [0.1, 0.15) is 0 Å². The number of sulfonamides is 1. The standard InChI is InChI=1S/C14H26N4O2S/c1-3-18(4-2)8-7-17-21(19,20)14-9-13(16-11-14)10-15-12-5-6-12/h9,11-12,15-17H,3-8,10H2,1-2H3. The van der Waals surface area contributed by atoms with E-state index in [1.54, 1.807) is 12.3 Å². The van der Waals surface area contributed by atoms with Gasteiger partial charge >= 0.3 is 0 Å². The highest BCUT2D eigenvalue weighted by Crippen LogP contribution is 2.19. The number of aromatic amines is 1. The van der Waals surface area contributed by atoms with Gasteiger partial charge in [0.25, 0.3) is 0 Å². The Morgan fingerprint density at radius 1 is 1.33 bits per heavy atom. The Morgan fingerprint density at radius 3 is 2.67 bits per heavy atom. The zero-order chi connectivity index (χ0) is 15.3. The summed E-state index contributed by atoms with van der Waals surface area (Å²) in [6, 6.07) is 2.32. The summed E-state index contributed by atoms with van der Waals surface area (Å²) in [5.74, 6) is 0. The molecule has 6 nitrogen and oxygen atoms in total. The van der Waals surface area contributed by atoms with Crippen LogP contribution in [0.2, 0.25) is 0 Å². The van der Waals surface area contributed by atoms with Gasteiger partial charge in [-0.1, -0.05) is 13.8 Å². The summed E-state index contributed by atoms with van der Waals surface area (Å²) in [6.07, 6.45) is 4.00. The number of nitrogens with one attached hydrogen (secondary N) is 3. The first-order valence-electron chi connectivity index (χ1n) is 7.68. The highest BCUT2D eigenvalue weighted by Gasteiger charge is 2.21. The Balaban J connectivity index is 1.83. The van der Waals surface area contributed by atoms with Crippen molar-refractivity contribution in [3.05, 3.63) is 18.0 Å². The maximum absolute atomic E-state index is 12.2. The lowest BCUT2D eigenvalue weighted by atomic mass is 10.4. The predicted octanol–water partition coefficient (Wildman–Crippen LogP) is 0.887. The van der Waals surface area contributed by atoms with Gasteiger partial charge in [0.05, 0.1) is 4.90 Å². The van der Waals surface area contributed by atoms with E-state index < -0.39 is 10.0 Å². The van der Waals surface area contributed by atoms with E-state index >= 15 is 0 Å². The molecule has 7 heteroatoms. The van der Waals surface area contributed by atoms with Gasteiger partial charge in [0.2, 0.25) is 10.0 Å². The van der Waals surface area contributed by atoms with Crippen LogP contribution in [0, 0.1) is 0 Å². The molecule has 1 aliphatic rings. The Morgan fingerprint density at radius 2 is 2.05 bits per heavy atom. The Bertz CT molecular complexity index is 533. The van der Waals surface area contributed by atoms with Crippen molar-refractivity contribution in [3.63, 3.8) is 0 Å². The average molecular weight is 314 g/mol. The molecule has 0 spiro atoms. The zero-order valence-corrected chi connectivity index (χ0v) is 13.7. The molecule has 3 N–H and O–H groups in total. The van der Waals surface area contributed by atoms with Crippen molar-refractivity contribution in [2.24, 2.45) is 0 Å². The predicted molar refractivity (Wildman–Crippen MR) is 83.6 cm³/mol. The van der Waals surface area contributed by atoms with E-state index in [1.807, 2.05) is 0 Å². The molecule has 1 aromatic rings. The van der Waals surface area contributed by atoms with Crippen molar-refractivity contribution in [3.8, 4) is 0 Å². The van der Waals surface area contributed by atoms with Gasteiger partial charge in [0, 0.05) is 37.6 Å². The molecular weight excluding hydrogens is 288 g/mol. The van der Waals surface area contributed by atoms with Gasteiger partial charge in [0.15, 0.2) is 0 Å². The van der Waals surface area contributed by atoms with Crippen molar-refractivity contribution in [2.75, 3.05) is 26.2 Å². The van der Waals surface area contributed by atoms with E-state index in [0.717, 1.165) is 25.3 Å². The lowest BCUT2D eigenvalue weighted by Gasteiger charge is -2.17. The quantitative estimate of drug-likeness (QED) is 0.599. The second-order valence-corrected chi connectivity index (χ2v) is 7.21. The Labute approximate surface area is 127 Å². The zero-order valence-electron chi connectivity index (χ0n) is 12.9. The summed E-state index contributed by atoms with van der Waals surface area (Å²) in [5.41, 5.74) is 0.908. The van der Waals surface area contributed by atoms with Crippen LogP contribution in [0.1, 0.15) is 32.4 Å². The van der Waals surface area contributed by atoms with Gasteiger partial charge in [-0.2, -0.15) is 0 Å². The van der Waals surface area contributed by atoms with E-state index in [2.05, 4.69) is 33.8 Å². The highest BCUT2D eigenvalue weighted by molar-refractivity contribution is 7.89. The van der Waals surface area contributed by atoms with Crippen LogP contribution < -0.4 is 10.0 Å². The van der Waals surface area contributed by atoms with Crippen LogP contribution >= 0.6 is 0 Å². The molecule has 0 unspecified atom stereocenters. The van der Waals surface area contributed by atoms with Crippen molar-refractivity contribution in [2.45, 2.75) is 44.2 Å². The fourth-order valence-corrected chi connectivity index (χ4v) is 3.22. The third-order valence-corrected chi connectivity index (χ3v) is 5.24. The Hall–Kier alpha value is -0.890. The van der Waals surface area contributed by atoms with Crippen molar-refractivity contribution in [1.29, 1.82) is 0 Å². The SMILES string of the molecule is CCN(CC)CCNS(=O)(=O)c1c[nH]c(CNC2CC2)c1. The lowest BCUT2D eigenvalue weighted by Crippen LogP contribution is -2.34. The molecular formula is C14H26N4O2S. The van der Waals surface area contributed by atoms with Gasteiger partial charge < -0.3 is 15.2 Å². The molecule has 21 heavy (non-hydrogen) atoms. The van der Waals surface area contributed by atoms with Crippen LogP contribution in [0.25, 0.3) is 0 Å². The van der Waals surface area contributed by atoms with Crippen LogP contribution in [-0.4, -0.2) is 50.5 Å². The third kappa shape index (κ3) is 5.10. The molecule has 0 aromatic carbocycles. The van der Waals surface area contributed by atoms with Gasteiger partial charge in [-0.15, -0.1) is 0 Å². The molecule has 1 aromatic heterocycles. The first kappa shape index (κ1) is 16.5. The second kappa shape index (κ2) is 7.40. The van der Waals surface area contributed by atoms with E-state index in [4.69, 9.17) is 0 Å². The van der Waals surface area contributed by atoms with Gasteiger partial charge in [-0.05, 0) is 32.0 Å². The molecule has 120 valence electrons. The first-order valence-corrected chi connectivity index (χ1v) is 9.16. The van der Waals surface area contributed by atoms with Crippen LogP contribution in [0.4, 0.5) is 0 Å². The number of nitrogens with zero attached hydrogens (tertiary/aromatic N) is 1. The number of rotatable bonds is 10. The molecule has 0 atom stereocenters. The van der Waals surface area contributed by atoms with E-state index in [1.165, 1.54) is 12.8 Å². The fraction of sp³-hybridized carbons (Fsp3) is 0.714. The third-order valence-electron chi connectivity index (χ3n) is 3.80. The number of hydrogen-bond acceptors (Lipinski definition) is 4. The molecule has 0 saturated heterocycles. The molecule has 1 saturated carbocycles. The Kier molecular flexibility index (Phi) is 5.80. The summed E-state index contributed by atoms with van der Waals surface area (Å²) in [7, 11) is -3.41. The molecule has 0 aliphatic heterocycles. The topological polar surface area (TPSA) is 77.2 Å². The second-order valence-electron chi connectivity index (χ2n) is 5.44. The number of H-pyrrole nitrogens is 1. The van der Waals surface area contributed by atoms with Crippen LogP contribution in [-0.2, 0) is 16.6 Å². The number of aromatic nitrogens is 1. The summed E-state index contributed by atoms with van der Waals surface area (Å²) in [4.78, 5) is 5.52. The van der Waals surface area contributed by atoms with E-state index in [9.17, 15) is 8.42 Å². The summed E-state index contributed by atoms with van der Waals surface area (Å²) in [6.45, 7) is 7.86. The van der Waals surface area contributed by atoms with Crippen molar-refractivity contribution in [1.82, 2.24) is 19.9 Å². The van der Waals surface area contributed by atoms with Gasteiger partial charge in [-0.3, -0.25) is 0 Å². The molecule has 0 amide bonds. The first-order chi connectivity index (χ1) is 10.0. The summed E-state index contributed by atoms with van der Waals surface area (Å²) < 4.78 is 27.0. The largest absolute Gasteiger partial charge is 0.363 e. The van der Waals surface area contributed by atoms with Crippen molar-refractivity contribution >= 4 is 10.0 Å². The summed E-state index contributed by atoms with van der Waals surface area (Å²) >= 11 is 0. The minimum atomic E-state index is -3.41. The fourth-order valence-electron chi connectivity index (χ4n) is 2.18. The maximum Gasteiger partial charge on any atom is 0.242 e. The molecule has 1 heterocycles. The van der Waals surface area contributed by atoms with Crippen LogP contribution in [0.15, 0.2) is 17.2 Å². The smallest absolute Gasteiger partial charge is 0.242 e. The molecule has 0 radical (unpaired) electrons. The van der Waals surface area contributed by atoms with Gasteiger partial charge in [-0.25, -0.2) is 13.1 Å². The minimum Gasteiger partial charge on any atom is -0.363 e. The lowest BCUT2D eigenvalue weighted by molar-refractivity contribution is 0.309. The summed E-state index contributed by atoms with van der Waals surface area (Å²) in [5, 5.41) is 3.36. The number of likely N-dealkylation sites (N-methyl/N-ethyl adjacent to an activating group) is 1.